The summed E-state index contributed by atoms with van der Waals surface area (Å²) in [4.78, 5) is 8.78. The van der Waals surface area contributed by atoms with E-state index in [1.54, 1.807) is 25.3 Å². The maximum absolute atomic E-state index is 13.7. The smallest absolute Gasteiger partial charge is 0.192 e. The van der Waals surface area contributed by atoms with E-state index in [1.165, 1.54) is 0 Å². The van der Waals surface area contributed by atoms with Crippen LogP contribution in [0.4, 0.5) is 4.39 Å². The standard InChI is InChI=1S/C18H23FN4.HI/c1-4-20-18(22-12-16-7-5-6-10-21-16)23-14(3)15-9-8-13(2)17(19)11-15;/h5-11,14H,4,12H2,1-3H3,(H2,20,22,23);1H. The molecule has 0 fully saturated rings. The first kappa shape index (κ1) is 20.3. The summed E-state index contributed by atoms with van der Waals surface area (Å²) in [5.74, 6) is 0.498. The van der Waals surface area contributed by atoms with Gasteiger partial charge >= 0.3 is 0 Å². The fourth-order valence-corrected chi connectivity index (χ4v) is 2.14. The Morgan fingerprint density at radius 3 is 2.71 bits per heavy atom. The predicted molar refractivity (Wildman–Crippen MR) is 107 cm³/mol. The molecule has 0 aliphatic rings. The van der Waals surface area contributed by atoms with Crippen LogP contribution in [0.25, 0.3) is 0 Å². The Morgan fingerprint density at radius 2 is 2.08 bits per heavy atom. The molecular weight excluding hydrogens is 418 g/mol. The number of guanidine groups is 1. The summed E-state index contributed by atoms with van der Waals surface area (Å²) in [5, 5.41) is 6.49. The van der Waals surface area contributed by atoms with Gasteiger partial charge in [-0.25, -0.2) is 9.38 Å². The van der Waals surface area contributed by atoms with E-state index in [1.807, 2.05) is 38.1 Å². The lowest BCUT2D eigenvalue weighted by molar-refractivity contribution is 0.607. The highest BCUT2D eigenvalue weighted by Crippen LogP contribution is 2.16. The Hall–Kier alpha value is -1.70. The number of aromatic nitrogens is 1. The number of aryl methyl sites for hydroxylation is 1. The summed E-state index contributed by atoms with van der Waals surface area (Å²) < 4.78 is 13.7. The molecule has 130 valence electrons. The summed E-state index contributed by atoms with van der Waals surface area (Å²) in [5.41, 5.74) is 2.44. The van der Waals surface area contributed by atoms with Crippen LogP contribution in [0.3, 0.4) is 0 Å². The molecule has 1 atom stereocenters. The van der Waals surface area contributed by atoms with Crippen molar-refractivity contribution in [2.45, 2.75) is 33.4 Å². The molecule has 0 saturated heterocycles. The molecule has 0 radical (unpaired) electrons. The van der Waals surface area contributed by atoms with Crippen LogP contribution in [0, 0.1) is 12.7 Å². The monoisotopic (exact) mass is 442 g/mol. The molecule has 1 aromatic heterocycles. The van der Waals surface area contributed by atoms with Crippen molar-refractivity contribution in [2.75, 3.05) is 6.54 Å². The summed E-state index contributed by atoms with van der Waals surface area (Å²) in [6, 6.07) is 11.0. The average Bonchev–Trinajstić information content (AvgIpc) is 2.56. The van der Waals surface area contributed by atoms with Crippen molar-refractivity contribution in [3.8, 4) is 0 Å². The van der Waals surface area contributed by atoms with Gasteiger partial charge in [-0.3, -0.25) is 4.98 Å². The molecule has 0 spiro atoms. The molecule has 0 aliphatic carbocycles. The minimum Gasteiger partial charge on any atom is -0.357 e. The van der Waals surface area contributed by atoms with E-state index >= 15 is 0 Å². The van der Waals surface area contributed by atoms with Gasteiger partial charge in [-0.2, -0.15) is 0 Å². The van der Waals surface area contributed by atoms with Crippen LogP contribution in [0.2, 0.25) is 0 Å². The largest absolute Gasteiger partial charge is 0.357 e. The van der Waals surface area contributed by atoms with Crippen molar-refractivity contribution in [2.24, 2.45) is 4.99 Å². The van der Waals surface area contributed by atoms with Crippen molar-refractivity contribution in [1.29, 1.82) is 0 Å². The molecule has 1 unspecified atom stereocenters. The van der Waals surface area contributed by atoms with Gasteiger partial charge < -0.3 is 10.6 Å². The molecule has 6 heteroatoms. The molecule has 2 N–H and O–H groups in total. The van der Waals surface area contributed by atoms with E-state index in [0.29, 0.717) is 18.1 Å². The Kier molecular flexibility index (Phi) is 8.67. The third-order valence-corrected chi connectivity index (χ3v) is 3.52. The van der Waals surface area contributed by atoms with Crippen LogP contribution < -0.4 is 10.6 Å². The molecule has 1 heterocycles. The fourth-order valence-electron chi connectivity index (χ4n) is 2.14. The average molecular weight is 442 g/mol. The second-order valence-corrected chi connectivity index (χ2v) is 5.39. The number of hydrogen-bond donors (Lipinski definition) is 2. The lowest BCUT2D eigenvalue weighted by atomic mass is 10.1. The summed E-state index contributed by atoms with van der Waals surface area (Å²) in [6.45, 7) is 7.00. The van der Waals surface area contributed by atoms with Gasteiger partial charge in [0.15, 0.2) is 5.96 Å². The van der Waals surface area contributed by atoms with E-state index in [0.717, 1.165) is 17.8 Å². The van der Waals surface area contributed by atoms with Crippen molar-refractivity contribution >= 4 is 29.9 Å². The van der Waals surface area contributed by atoms with Gasteiger partial charge in [0.25, 0.3) is 0 Å². The number of nitrogens with one attached hydrogen (secondary N) is 2. The fraction of sp³-hybridized carbons (Fsp3) is 0.333. The molecule has 2 rings (SSSR count). The number of pyridine rings is 1. The zero-order valence-corrected chi connectivity index (χ0v) is 16.5. The Balaban J connectivity index is 0.00000288. The van der Waals surface area contributed by atoms with Gasteiger partial charge in [0.05, 0.1) is 18.3 Å². The zero-order chi connectivity index (χ0) is 16.7. The first-order chi connectivity index (χ1) is 11.1. The van der Waals surface area contributed by atoms with Crippen LogP contribution in [-0.4, -0.2) is 17.5 Å². The topological polar surface area (TPSA) is 49.3 Å². The van der Waals surface area contributed by atoms with Crippen LogP contribution in [0.5, 0.6) is 0 Å². The second kappa shape index (κ2) is 10.2. The van der Waals surface area contributed by atoms with Crippen LogP contribution in [0.1, 0.15) is 36.7 Å². The van der Waals surface area contributed by atoms with Crippen molar-refractivity contribution < 1.29 is 4.39 Å². The molecule has 1 aromatic carbocycles. The van der Waals surface area contributed by atoms with Gasteiger partial charge in [0.2, 0.25) is 0 Å². The molecule has 0 saturated carbocycles. The van der Waals surface area contributed by atoms with Gasteiger partial charge in [-0.15, -0.1) is 24.0 Å². The number of nitrogens with zero attached hydrogens (tertiary/aromatic N) is 2. The first-order valence-corrected chi connectivity index (χ1v) is 7.81. The summed E-state index contributed by atoms with van der Waals surface area (Å²) in [6.07, 6.45) is 1.75. The zero-order valence-electron chi connectivity index (χ0n) is 14.2. The van der Waals surface area contributed by atoms with E-state index in [2.05, 4.69) is 20.6 Å². The minimum absolute atomic E-state index is 0. The van der Waals surface area contributed by atoms with E-state index < -0.39 is 0 Å². The summed E-state index contributed by atoms with van der Waals surface area (Å²) in [7, 11) is 0. The normalized spacial score (nSPS) is 12.2. The highest BCUT2D eigenvalue weighted by Gasteiger charge is 2.09. The SMILES string of the molecule is CCNC(=NCc1ccccn1)NC(C)c1ccc(C)c(F)c1.I. The van der Waals surface area contributed by atoms with Crippen LogP contribution in [-0.2, 0) is 6.54 Å². The maximum atomic E-state index is 13.7. The van der Waals surface area contributed by atoms with Crippen molar-refractivity contribution in [3.63, 3.8) is 0 Å². The lowest BCUT2D eigenvalue weighted by Crippen LogP contribution is -2.38. The molecule has 0 amide bonds. The lowest BCUT2D eigenvalue weighted by Gasteiger charge is -2.18. The number of hydrogen-bond acceptors (Lipinski definition) is 2. The molecule has 4 nitrogen and oxygen atoms in total. The predicted octanol–water partition coefficient (Wildman–Crippen LogP) is 3.96. The van der Waals surface area contributed by atoms with Gasteiger partial charge in [0.1, 0.15) is 5.82 Å². The van der Waals surface area contributed by atoms with Gasteiger partial charge in [-0.05, 0) is 50.1 Å². The molecule has 0 bridgehead atoms. The Bertz CT molecular complexity index is 661. The number of aliphatic imine (C=N–C) groups is 1. The molecular formula is C18H24FIN4. The Morgan fingerprint density at radius 1 is 1.29 bits per heavy atom. The number of rotatable bonds is 5. The Labute approximate surface area is 160 Å². The van der Waals surface area contributed by atoms with Crippen LogP contribution >= 0.6 is 24.0 Å². The molecule has 0 aliphatic heterocycles. The second-order valence-electron chi connectivity index (χ2n) is 5.39. The van der Waals surface area contributed by atoms with E-state index in [9.17, 15) is 4.39 Å². The first-order valence-electron chi connectivity index (χ1n) is 7.81. The molecule has 24 heavy (non-hydrogen) atoms. The van der Waals surface area contributed by atoms with Crippen LogP contribution in [0.15, 0.2) is 47.6 Å². The molecule has 2 aromatic rings. The minimum atomic E-state index is -0.188. The highest BCUT2D eigenvalue weighted by molar-refractivity contribution is 14.0. The van der Waals surface area contributed by atoms with Crippen molar-refractivity contribution in [1.82, 2.24) is 15.6 Å². The van der Waals surface area contributed by atoms with Crippen molar-refractivity contribution in [3.05, 3.63) is 65.2 Å². The number of halogens is 2. The maximum Gasteiger partial charge on any atom is 0.192 e. The van der Waals surface area contributed by atoms with E-state index in [-0.39, 0.29) is 35.8 Å². The van der Waals surface area contributed by atoms with Gasteiger partial charge in [-0.1, -0.05) is 18.2 Å². The third kappa shape index (κ3) is 6.07. The quantitative estimate of drug-likeness (QED) is 0.419. The van der Waals surface area contributed by atoms with E-state index in [4.69, 9.17) is 0 Å². The highest BCUT2D eigenvalue weighted by atomic mass is 127. The summed E-state index contributed by atoms with van der Waals surface area (Å²) >= 11 is 0. The number of benzene rings is 1. The third-order valence-electron chi connectivity index (χ3n) is 3.52. The van der Waals surface area contributed by atoms with Gasteiger partial charge in [0, 0.05) is 12.7 Å².